The second kappa shape index (κ2) is 10.6. The van der Waals surface area contributed by atoms with Gasteiger partial charge in [0.25, 0.3) is 0 Å². The van der Waals surface area contributed by atoms with Crippen LogP contribution in [0.15, 0.2) is 30.8 Å². The van der Waals surface area contributed by atoms with E-state index in [4.69, 9.17) is 24.2 Å². The van der Waals surface area contributed by atoms with Gasteiger partial charge >= 0.3 is 6.09 Å². The molecule has 144 valence electrons. The Bertz CT molecular complexity index is 570. The molecular weight excluding hydrogens is 340 g/mol. The summed E-state index contributed by atoms with van der Waals surface area (Å²) in [6.45, 7) is 5.96. The van der Waals surface area contributed by atoms with Gasteiger partial charge in [-0.15, -0.1) is 0 Å². The van der Waals surface area contributed by atoms with Gasteiger partial charge in [-0.3, -0.25) is 10.3 Å². The van der Waals surface area contributed by atoms with Crippen LogP contribution in [-0.2, 0) is 14.3 Å². The maximum absolute atomic E-state index is 10.8. The quantitative estimate of drug-likeness (QED) is 0.373. The van der Waals surface area contributed by atoms with Crippen LogP contribution < -0.4 is 10.2 Å². The summed E-state index contributed by atoms with van der Waals surface area (Å²) in [5.41, 5.74) is 4.32. The van der Waals surface area contributed by atoms with E-state index in [1.807, 2.05) is 24.3 Å². The van der Waals surface area contributed by atoms with Gasteiger partial charge < -0.3 is 24.2 Å². The van der Waals surface area contributed by atoms with Crippen molar-refractivity contribution in [3.8, 4) is 5.75 Å². The fraction of sp³-hybridized carbons (Fsp3) is 0.500. The van der Waals surface area contributed by atoms with Gasteiger partial charge in [0.2, 0.25) is 0 Å². The molecule has 0 bridgehead atoms. The van der Waals surface area contributed by atoms with Crippen LogP contribution in [0.4, 0.5) is 4.79 Å². The Balaban J connectivity index is 1.58. The third-order valence-corrected chi connectivity index (χ3v) is 3.99. The second-order valence-electron chi connectivity index (χ2n) is 5.84. The molecule has 0 unspecified atom stereocenters. The molecule has 1 aromatic carbocycles. The Kier molecular flexibility index (Phi) is 8.20. The number of methoxy groups -OCH3 is 1. The number of likely N-dealkylation sites (tertiary alicyclic amines) is 1. The number of amides is 1. The molecule has 0 saturated carbocycles. The van der Waals surface area contributed by atoms with Gasteiger partial charge in [0.15, 0.2) is 6.79 Å². The monoisotopic (exact) mass is 366 g/mol. The third kappa shape index (κ3) is 6.55. The molecular formula is C18H26N2O6. The average Bonchev–Trinajstić information content (AvgIpc) is 2.66. The lowest BCUT2D eigenvalue weighted by Gasteiger charge is -2.29. The highest BCUT2D eigenvalue weighted by Crippen LogP contribution is 2.16. The standard InChI is InChI=1S/C18H26N2O6/c1-14(15-3-5-16(6-4-15)25-13-23-2)19-26-12-11-24-17-7-9-20(10-8-17)18(21)22/h3-6,17,19H,1,7-13H2,2H3,(H,21,22). The van der Waals surface area contributed by atoms with Crippen molar-refractivity contribution in [1.82, 2.24) is 10.4 Å². The molecule has 2 N–H and O–H groups in total. The van der Waals surface area contributed by atoms with E-state index in [-0.39, 0.29) is 12.9 Å². The molecule has 1 saturated heterocycles. The molecule has 8 heteroatoms. The van der Waals surface area contributed by atoms with Crippen molar-refractivity contribution in [3.63, 3.8) is 0 Å². The van der Waals surface area contributed by atoms with Crippen LogP contribution >= 0.6 is 0 Å². The van der Waals surface area contributed by atoms with E-state index in [0.29, 0.717) is 50.6 Å². The van der Waals surface area contributed by atoms with Crippen molar-refractivity contribution in [2.24, 2.45) is 0 Å². The number of hydrogen-bond acceptors (Lipinski definition) is 6. The van der Waals surface area contributed by atoms with Gasteiger partial charge in [0.1, 0.15) is 5.75 Å². The van der Waals surface area contributed by atoms with Gasteiger partial charge in [0.05, 0.1) is 25.0 Å². The van der Waals surface area contributed by atoms with E-state index in [1.165, 1.54) is 4.90 Å². The first-order valence-corrected chi connectivity index (χ1v) is 8.48. The van der Waals surface area contributed by atoms with E-state index in [2.05, 4.69) is 12.1 Å². The maximum atomic E-state index is 10.8. The molecule has 0 atom stereocenters. The zero-order valence-electron chi connectivity index (χ0n) is 15.0. The predicted molar refractivity (Wildman–Crippen MR) is 95.6 cm³/mol. The number of hydroxylamine groups is 1. The molecule has 1 fully saturated rings. The number of hydrogen-bond donors (Lipinski definition) is 2. The van der Waals surface area contributed by atoms with Gasteiger partial charge in [-0.25, -0.2) is 4.79 Å². The number of carbonyl (C=O) groups is 1. The largest absolute Gasteiger partial charge is 0.468 e. The number of piperidine rings is 1. The number of nitrogens with one attached hydrogen (secondary N) is 1. The van der Waals surface area contributed by atoms with Crippen LogP contribution in [0, 0.1) is 0 Å². The lowest BCUT2D eigenvalue weighted by molar-refractivity contribution is -0.0328. The van der Waals surface area contributed by atoms with Crippen LogP contribution in [-0.4, -0.2) is 62.4 Å². The van der Waals surface area contributed by atoms with E-state index < -0.39 is 6.09 Å². The maximum Gasteiger partial charge on any atom is 0.407 e. The van der Waals surface area contributed by atoms with Crippen molar-refractivity contribution in [2.45, 2.75) is 18.9 Å². The first kappa shape index (κ1) is 20.0. The molecule has 1 aliphatic rings. The van der Waals surface area contributed by atoms with Gasteiger partial charge in [0, 0.05) is 20.2 Å². The average molecular weight is 366 g/mol. The predicted octanol–water partition coefficient (Wildman–Crippen LogP) is 2.32. The number of carboxylic acid groups (broad SMARTS) is 1. The Hall–Kier alpha value is -2.29. The minimum Gasteiger partial charge on any atom is -0.468 e. The van der Waals surface area contributed by atoms with Crippen LogP contribution in [0.2, 0.25) is 0 Å². The first-order valence-electron chi connectivity index (χ1n) is 8.48. The van der Waals surface area contributed by atoms with Crippen LogP contribution in [0.1, 0.15) is 18.4 Å². The van der Waals surface area contributed by atoms with Crippen molar-refractivity contribution in [1.29, 1.82) is 0 Å². The fourth-order valence-electron chi connectivity index (χ4n) is 2.55. The van der Waals surface area contributed by atoms with Crippen LogP contribution in [0.25, 0.3) is 5.70 Å². The van der Waals surface area contributed by atoms with E-state index in [0.717, 1.165) is 5.56 Å². The molecule has 0 aromatic heterocycles. The van der Waals surface area contributed by atoms with Gasteiger partial charge in [-0.2, -0.15) is 0 Å². The van der Waals surface area contributed by atoms with E-state index >= 15 is 0 Å². The van der Waals surface area contributed by atoms with Crippen molar-refractivity contribution >= 4 is 11.8 Å². The second-order valence-corrected chi connectivity index (χ2v) is 5.84. The minimum atomic E-state index is -0.868. The molecule has 1 heterocycles. The van der Waals surface area contributed by atoms with E-state index in [1.54, 1.807) is 7.11 Å². The van der Waals surface area contributed by atoms with Crippen molar-refractivity contribution in [3.05, 3.63) is 36.4 Å². The molecule has 0 spiro atoms. The summed E-state index contributed by atoms with van der Waals surface area (Å²) >= 11 is 0. The summed E-state index contributed by atoms with van der Waals surface area (Å²) in [6.07, 6.45) is 0.637. The molecule has 2 rings (SSSR count). The smallest absolute Gasteiger partial charge is 0.407 e. The Labute approximate surface area is 153 Å². The molecule has 0 aliphatic carbocycles. The molecule has 0 radical (unpaired) electrons. The summed E-state index contributed by atoms with van der Waals surface area (Å²) in [5, 5.41) is 8.91. The Morgan fingerprint density at radius 2 is 1.96 bits per heavy atom. The molecule has 1 aliphatic heterocycles. The lowest BCUT2D eigenvalue weighted by atomic mass is 10.1. The summed E-state index contributed by atoms with van der Waals surface area (Å²) < 4.78 is 15.9. The highest BCUT2D eigenvalue weighted by molar-refractivity contribution is 5.65. The highest BCUT2D eigenvalue weighted by Gasteiger charge is 2.22. The van der Waals surface area contributed by atoms with Crippen molar-refractivity contribution in [2.75, 3.05) is 40.2 Å². The minimum absolute atomic E-state index is 0.0806. The lowest BCUT2D eigenvalue weighted by Crippen LogP contribution is -2.40. The van der Waals surface area contributed by atoms with Crippen LogP contribution in [0.3, 0.4) is 0 Å². The van der Waals surface area contributed by atoms with E-state index in [9.17, 15) is 4.79 Å². The Morgan fingerprint density at radius 1 is 1.27 bits per heavy atom. The molecule has 8 nitrogen and oxygen atoms in total. The first-order chi connectivity index (χ1) is 12.6. The summed E-state index contributed by atoms with van der Waals surface area (Å²) in [4.78, 5) is 17.6. The zero-order chi connectivity index (χ0) is 18.8. The summed E-state index contributed by atoms with van der Waals surface area (Å²) in [7, 11) is 1.57. The molecule has 1 aromatic rings. The van der Waals surface area contributed by atoms with Crippen LogP contribution in [0.5, 0.6) is 5.75 Å². The summed E-state index contributed by atoms with van der Waals surface area (Å²) in [6, 6.07) is 7.40. The number of rotatable bonds is 10. The zero-order valence-corrected chi connectivity index (χ0v) is 15.0. The SMILES string of the molecule is C=C(NOCCOC1CCN(C(=O)O)CC1)c1ccc(OCOC)cc1. The fourth-order valence-corrected chi connectivity index (χ4v) is 2.55. The molecule has 1 amide bonds. The molecule has 26 heavy (non-hydrogen) atoms. The Morgan fingerprint density at radius 3 is 2.58 bits per heavy atom. The number of ether oxygens (including phenoxy) is 3. The normalized spacial score (nSPS) is 14.9. The van der Waals surface area contributed by atoms with Crippen molar-refractivity contribution < 1.29 is 28.9 Å². The topological polar surface area (TPSA) is 89.5 Å². The highest BCUT2D eigenvalue weighted by atomic mass is 16.7. The summed E-state index contributed by atoms with van der Waals surface area (Å²) in [5.74, 6) is 0.715. The van der Waals surface area contributed by atoms with Gasteiger partial charge in [-0.05, 0) is 42.7 Å². The van der Waals surface area contributed by atoms with Gasteiger partial charge in [-0.1, -0.05) is 6.58 Å². The third-order valence-electron chi connectivity index (χ3n) is 3.99. The number of nitrogens with zero attached hydrogens (tertiary/aromatic N) is 1. The number of benzene rings is 1.